The van der Waals surface area contributed by atoms with Crippen LogP contribution in [0.1, 0.15) is 35.7 Å². The second-order valence-corrected chi connectivity index (χ2v) is 3.05. The topological polar surface area (TPSA) is 40.1 Å². The molecule has 0 N–H and O–H groups in total. The Balaban J connectivity index is 0.00000169. The van der Waals surface area contributed by atoms with Crippen molar-refractivity contribution >= 4 is 5.97 Å². The molecule has 0 amide bonds. The van der Waals surface area contributed by atoms with Crippen molar-refractivity contribution in [1.29, 1.82) is 0 Å². The molecule has 0 saturated carbocycles. The maximum Gasteiger partial charge on any atom is 1.00 e. The van der Waals surface area contributed by atoms with Crippen LogP contribution in [0.25, 0.3) is 0 Å². The number of benzene rings is 1. The molecule has 1 rings (SSSR count). The van der Waals surface area contributed by atoms with Gasteiger partial charge in [0.25, 0.3) is 0 Å². The van der Waals surface area contributed by atoms with Gasteiger partial charge in [0.15, 0.2) is 0 Å². The Labute approximate surface area is 127 Å². The smallest absolute Gasteiger partial charge is 0.545 e. The van der Waals surface area contributed by atoms with Gasteiger partial charge < -0.3 is 9.90 Å². The van der Waals surface area contributed by atoms with Crippen LogP contribution in [0.4, 0.5) is 0 Å². The first kappa shape index (κ1) is 14.3. The van der Waals surface area contributed by atoms with E-state index in [9.17, 15) is 9.90 Å². The quantitative estimate of drug-likeness (QED) is 0.569. The molecule has 1 aromatic carbocycles. The van der Waals surface area contributed by atoms with Crippen molar-refractivity contribution in [2.75, 3.05) is 0 Å². The molecule has 0 atom stereocenters. The fraction of sp³-hybridized carbons (Fsp3) is 0.364. The van der Waals surface area contributed by atoms with Crippen LogP contribution in [-0.4, -0.2) is 5.97 Å². The zero-order chi connectivity index (χ0) is 9.68. The van der Waals surface area contributed by atoms with Crippen molar-refractivity contribution in [2.45, 2.75) is 26.2 Å². The molecule has 0 saturated heterocycles. The van der Waals surface area contributed by atoms with Gasteiger partial charge >= 0.3 is 51.4 Å². The van der Waals surface area contributed by atoms with Crippen LogP contribution in [0.3, 0.4) is 0 Å². The van der Waals surface area contributed by atoms with Crippen molar-refractivity contribution in [3.63, 3.8) is 0 Å². The molecular formula is C11H13KO2. The molecule has 0 heterocycles. The van der Waals surface area contributed by atoms with E-state index >= 15 is 0 Å². The van der Waals surface area contributed by atoms with Crippen molar-refractivity contribution in [1.82, 2.24) is 0 Å². The zero-order valence-electron chi connectivity index (χ0n) is 8.75. The van der Waals surface area contributed by atoms with Crippen LogP contribution < -0.4 is 56.5 Å². The largest absolute Gasteiger partial charge is 1.00 e. The number of hydrogen-bond acceptors (Lipinski definition) is 2. The zero-order valence-corrected chi connectivity index (χ0v) is 11.9. The van der Waals surface area contributed by atoms with Crippen molar-refractivity contribution < 1.29 is 61.3 Å². The molecule has 0 aliphatic carbocycles. The summed E-state index contributed by atoms with van der Waals surface area (Å²) in [6, 6.07) is 7.03. The van der Waals surface area contributed by atoms with Gasteiger partial charge in [-0.05, 0) is 18.4 Å². The third-order valence-electron chi connectivity index (χ3n) is 2.04. The fourth-order valence-electron chi connectivity index (χ4n) is 1.30. The van der Waals surface area contributed by atoms with Gasteiger partial charge in [0.05, 0.1) is 5.97 Å². The normalized spacial score (nSPS) is 9.21. The van der Waals surface area contributed by atoms with Crippen LogP contribution in [0.5, 0.6) is 0 Å². The van der Waals surface area contributed by atoms with Crippen LogP contribution >= 0.6 is 0 Å². The molecule has 2 nitrogen and oxygen atoms in total. The molecule has 0 radical (unpaired) electrons. The summed E-state index contributed by atoms with van der Waals surface area (Å²) in [5.41, 5.74) is 1.21. The van der Waals surface area contributed by atoms with E-state index in [-0.39, 0.29) is 51.4 Å². The van der Waals surface area contributed by atoms with Crippen LogP contribution in [0.15, 0.2) is 24.3 Å². The molecule has 14 heavy (non-hydrogen) atoms. The number of hydrogen-bond donors (Lipinski definition) is 0. The van der Waals surface area contributed by atoms with Gasteiger partial charge in [0.1, 0.15) is 0 Å². The first-order chi connectivity index (χ1) is 6.25. The van der Waals surface area contributed by atoms with E-state index in [2.05, 4.69) is 6.92 Å². The van der Waals surface area contributed by atoms with Gasteiger partial charge in [0.2, 0.25) is 0 Å². The van der Waals surface area contributed by atoms with Gasteiger partial charge in [-0.2, -0.15) is 0 Å². The van der Waals surface area contributed by atoms with Crippen LogP contribution in [0.2, 0.25) is 0 Å². The molecule has 0 fully saturated rings. The summed E-state index contributed by atoms with van der Waals surface area (Å²) in [5.74, 6) is -1.08. The first-order valence-electron chi connectivity index (χ1n) is 4.55. The number of carbonyl (C=O) groups is 1. The predicted molar refractivity (Wildman–Crippen MR) is 49.4 cm³/mol. The Morgan fingerprint density at radius 2 is 2.00 bits per heavy atom. The molecule has 0 spiro atoms. The molecular weight excluding hydrogens is 203 g/mol. The van der Waals surface area contributed by atoms with Crippen LogP contribution in [0, 0.1) is 0 Å². The fourth-order valence-corrected chi connectivity index (χ4v) is 1.30. The summed E-state index contributed by atoms with van der Waals surface area (Å²) >= 11 is 0. The Kier molecular flexibility index (Phi) is 7.77. The average Bonchev–Trinajstić information content (AvgIpc) is 2.15. The van der Waals surface area contributed by atoms with Crippen molar-refractivity contribution in [2.24, 2.45) is 0 Å². The second kappa shape index (κ2) is 7.60. The molecule has 0 aliphatic heterocycles. The van der Waals surface area contributed by atoms with E-state index in [1.54, 1.807) is 12.1 Å². The third kappa shape index (κ3) is 4.23. The SMILES string of the molecule is CCCCc1ccccc1C(=O)[O-].[K+]. The van der Waals surface area contributed by atoms with Gasteiger partial charge in [0, 0.05) is 5.56 Å². The molecule has 0 unspecified atom stereocenters. The Morgan fingerprint density at radius 1 is 1.36 bits per heavy atom. The first-order valence-corrected chi connectivity index (χ1v) is 4.55. The Bertz CT molecular complexity index is 297. The van der Waals surface area contributed by atoms with Gasteiger partial charge in [-0.15, -0.1) is 0 Å². The van der Waals surface area contributed by atoms with E-state index in [1.165, 1.54) is 0 Å². The average molecular weight is 216 g/mol. The summed E-state index contributed by atoms with van der Waals surface area (Å²) in [4.78, 5) is 10.7. The summed E-state index contributed by atoms with van der Waals surface area (Å²) in [7, 11) is 0. The van der Waals surface area contributed by atoms with Gasteiger partial charge in [-0.3, -0.25) is 0 Å². The Hall–Kier alpha value is 0.326. The third-order valence-corrected chi connectivity index (χ3v) is 2.04. The van der Waals surface area contributed by atoms with E-state index in [1.807, 2.05) is 12.1 Å². The maximum absolute atomic E-state index is 10.7. The summed E-state index contributed by atoms with van der Waals surface area (Å²) in [6.07, 6.45) is 2.91. The molecule has 0 aliphatic rings. The number of unbranched alkanes of at least 4 members (excludes halogenated alkanes) is 1. The van der Waals surface area contributed by atoms with Gasteiger partial charge in [-0.25, -0.2) is 0 Å². The Morgan fingerprint density at radius 3 is 2.57 bits per heavy atom. The number of aromatic carboxylic acids is 1. The van der Waals surface area contributed by atoms with Crippen molar-refractivity contribution in [3.8, 4) is 0 Å². The van der Waals surface area contributed by atoms with E-state index in [4.69, 9.17) is 0 Å². The monoisotopic (exact) mass is 216 g/mol. The predicted octanol–water partition coefficient (Wildman–Crippen LogP) is -1.60. The molecule has 0 aromatic heterocycles. The van der Waals surface area contributed by atoms with E-state index in [0.717, 1.165) is 24.8 Å². The van der Waals surface area contributed by atoms with Crippen molar-refractivity contribution in [3.05, 3.63) is 35.4 Å². The maximum atomic E-state index is 10.7. The number of rotatable bonds is 4. The van der Waals surface area contributed by atoms with E-state index in [0.29, 0.717) is 5.56 Å². The summed E-state index contributed by atoms with van der Waals surface area (Å²) < 4.78 is 0. The molecule has 70 valence electrons. The number of carboxylic acids is 1. The molecule has 3 heteroatoms. The standard InChI is InChI=1S/C11H14O2.K/c1-2-3-6-9-7-4-5-8-10(9)11(12)13;/h4-5,7-8H,2-3,6H2,1H3,(H,12,13);/q;+1/p-1. The van der Waals surface area contributed by atoms with Gasteiger partial charge in [-0.1, -0.05) is 37.6 Å². The van der Waals surface area contributed by atoms with E-state index < -0.39 is 5.97 Å². The minimum atomic E-state index is -1.08. The summed E-state index contributed by atoms with van der Waals surface area (Å²) in [5, 5.41) is 10.7. The molecule has 1 aromatic rings. The minimum absolute atomic E-state index is 0. The minimum Gasteiger partial charge on any atom is -0.545 e. The van der Waals surface area contributed by atoms with Crippen LogP contribution in [-0.2, 0) is 6.42 Å². The summed E-state index contributed by atoms with van der Waals surface area (Å²) in [6.45, 7) is 2.08. The number of carbonyl (C=O) groups excluding carboxylic acids is 1. The number of aryl methyl sites for hydroxylation is 1. The second-order valence-electron chi connectivity index (χ2n) is 3.05. The molecule has 0 bridgehead atoms. The number of carboxylic acid groups (broad SMARTS) is 1.